The molecule has 4 rings (SSSR count). The number of hydrogen-bond donors (Lipinski definition) is 2. The number of carbonyl (C=O) groups is 2. The Kier molecular flexibility index (Phi) is 6.43. The molecule has 2 amide bonds. The fourth-order valence-corrected chi connectivity index (χ4v) is 5.71. The van der Waals surface area contributed by atoms with Gasteiger partial charge in [-0.2, -0.15) is 5.10 Å². The zero-order valence-electron chi connectivity index (χ0n) is 18.5. The van der Waals surface area contributed by atoms with Crippen LogP contribution in [0.15, 0.2) is 12.4 Å². The van der Waals surface area contributed by atoms with E-state index in [1.54, 1.807) is 10.9 Å². The van der Waals surface area contributed by atoms with Crippen LogP contribution in [0.1, 0.15) is 39.5 Å². The van der Waals surface area contributed by atoms with Crippen LogP contribution in [0.25, 0.3) is 0 Å². The summed E-state index contributed by atoms with van der Waals surface area (Å²) in [6.45, 7) is 8.07. The van der Waals surface area contributed by atoms with E-state index >= 15 is 0 Å². The van der Waals surface area contributed by atoms with Crippen molar-refractivity contribution in [3.63, 3.8) is 0 Å². The fraction of sp³-hybridized carbons (Fsp3) is 0.773. The average Bonchev–Trinajstić information content (AvgIpc) is 3.11. The van der Waals surface area contributed by atoms with Gasteiger partial charge in [0.25, 0.3) is 0 Å². The number of likely N-dealkylation sites (tertiary alicyclic amines) is 1. The molecule has 30 heavy (non-hydrogen) atoms. The van der Waals surface area contributed by atoms with Gasteiger partial charge in [-0.15, -0.1) is 0 Å². The molecule has 0 spiro atoms. The quantitative estimate of drug-likeness (QED) is 0.731. The van der Waals surface area contributed by atoms with E-state index in [1.807, 2.05) is 27.1 Å². The molecule has 8 nitrogen and oxygen atoms in total. The van der Waals surface area contributed by atoms with Gasteiger partial charge in [0.05, 0.1) is 18.4 Å². The SMILES string of the molecule is CC(C)C(=O)NC[C@H]1[C@H]2C[C@H](CN(CC(=O)Nc3cnn(C)c3)C2)[C@@H]2CCCCN21. The van der Waals surface area contributed by atoms with E-state index in [-0.39, 0.29) is 17.7 Å². The number of carbonyl (C=O) groups excluding carboxylic acids is 2. The Hall–Kier alpha value is -1.93. The zero-order valence-corrected chi connectivity index (χ0v) is 18.5. The maximum Gasteiger partial charge on any atom is 0.238 e. The number of piperidine rings is 3. The van der Waals surface area contributed by atoms with Crippen LogP contribution >= 0.6 is 0 Å². The molecule has 0 aromatic carbocycles. The van der Waals surface area contributed by atoms with Crippen molar-refractivity contribution >= 4 is 17.5 Å². The van der Waals surface area contributed by atoms with Gasteiger partial charge in [-0.05, 0) is 37.6 Å². The van der Waals surface area contributed by atoms with Crippen LogP contribution in [-0.2, 0) is 16.6 Å². The van der Waals surface area contributed by atoms with Crippen molar-refractivity contribution in [2.45, 2.75) is 51.6 Å². The number of aromatic nitrogens is 2. The largest absolute Gasteiger partial charge is 0.354 e. The lowest BCUT2D eigenvalue weighted by molar-refractivity contribution is -0.125. The van der Waals surface area contributed by atoms with E-state index in [0.717, 1.165) is 31.9 Å². The normalized spacial score (nSPS) is 29.5. The third kappa shape index (κ3) is 4.70. The lowest BCUT2D eigenvalue weighted by atomic mass is 9.72. The van der Waals surface area contributed by atoms with Gasteiger partial charge in [0.15, 0.2) is 0 Å². The van der Waals surface area contributed by atoms with Gasteiger partial charge in [0.2, 0.25) is 11.8 Å². The van der Waals surface area contributed by atoms with Crippen LogP contribution in [0.5, 0.6) is 0 Å². The van der Waals surface area contributed by atoms with E-state index in [2.05, 4.69) is 25.5 Å². The number of nitrogens with zero attached hydrogens (tertiary/aromatic N) is 4. The van der Waals surface area contributed by atoms with Crippen molar-refractivity contribution in [2.75, 3.05) is 38.0 Å². The molecule has 4 heterocycles. The monoisotopic (exact) mass is 416 g/mol. The van der Waals surface area contributed by atoms with E-state index in [4.69, 9.17) is 0 Å². The van der Waals surface area contributed by atoms with Gasteiger partial charge in [-0.25, -0.2) is 0 Å². The minimum Gasteiger partial charge on any atom is -0.354 e. The molecule has 8 heteroatoms. The topological polar surface area (TPSA) is 82.5 Å². The smallest absolute Gasteiger partial charge is 0.238 e. The second-order valence-corrected chi connectivity index (χ2v) is 9.67. The molecule has 2 N–H and O–H groups in total. The lowest BCUT2D eigenvalue weighted by Crippen LogP contribution is -2.66. The Bertz CT molecular complexity index is 763. The summed E-state index contributed by atoms with van der Waals surface area (Å²) < 4.78 is 1.69. The summed E-state index contributed by atoms with van der Waals surface area (Å²) >= 11 is 0. The standard InChI is InChI=1S/C22H36N6O2/c1-15(2)22(30)23-10-20-17-8-16(19-6-4-5-7-28(19)20)11-27(12-17)14-21(29)25-18-9-24-26(3)13-18/h9,13,15-17,19-20H,4-8,10-12,14H2,1-3H3,(H,23,30)(H,25,29)/t16-,17+,19+,20+/m1/s1. The fourth-order valence-electron chi connectivity index (χ4n) is 5.71. The third-order valence-electron chi connectivity index (χ3n) is 7.06. The highest BCUT2D eigenvalue weighted by Crippen LogP contribution is 2.40. The summed E-state index contributed by atoms with van der Waals surface area (Å²) in [5, 5.41) is 10.3. The highest BCUT2D eigenvalue weighted by atomic mass is 16.2. The van der Waals surface area contributed by atoms with E-state index in [0.29, 0.717) is 30.5 Å². The second kappa shape index (κ2) is 9.06. The number of anilines is 1. The minimum absolute atomic E-state index is 0.0116. The summed E-state index contributed by atoms with van der Waals surface area (Å²) in [7, 11) is 1.84. The summed E-state index contributed by atoms with van der Waals surface area (Å²) in [6.07, 6.45) is 8.48. The summed E-state index contributed by atoms with van der Waals surface area (Å²) in [4.78, 5) is 29.8. The van der Waals surface area contributed by atoms with Crippen LogP contribution in [0.3, 0.4) is 0 Å². The molecule has 4 atom stereocenters. The molecule has 1 aromatic rings. The predicted molar refractivity (Wildman–Crippen MR) is 116 cm³/mol. The minimum atomic E-state index is 0.0116. The highest BCUT2D eigenvalue weighted by Gasteiger charge is 2.47. The molecule has 0 saturated carbocycles. The summed E-state index contributed by atoms with van der Waals surface area (Å²) in [6, 6.07) is 0.957. The van der Waals surface area contributed by atoms with Crippen LogP contribution in [-0.4, -0.2) is 76.2 Å². The van der Waals surface area contributed by atoms with E-state index in [1.165, 1.54) is 25.7 Å². The predicted octanol–water partition coefficient (Wildman–Crippen LogP) is 1.31. The van der Waals surface area contributed by atoms with Crippen molar-refractivity contribution in [1.82, 2.24) is 24.9 Å². The maximum atomic E-state index is 12.6. The molecule has 0 aliphatic carbocycles. The molecule has 0 radical (unpaired) electrons. The van der Waals surface area contributed by atoms with Crippen molar-refractivity contribution in [2.24, 2.45) is 24.8 Å². The second-order valence-electron chi connectivity index (χ2n) is 9.67. The number of nitrogens with one attached hydrogen (secondary N) is 2. The highest BCUT2D eigenvalue weighted by molar-refractivity contribution is 5.92. The molecule has 3 aliphatic heterocycles. The van der Waals surface area contributed by atoms with Crippen molar-refractivity contribution in [3.8, 4) is 0 Å². The molecule has 1 aromatic heterocycles. The first-order valence-electron chi connectivity index (χ1n) is 11.4. The van der Waals surface area contributed by atoms with Crippen molar-refractivity contribution in [1.29, 1.82) is 0 Å². The van der Waals surface area contributed by atoms with Gasteiger partial charge in [-0.3, -0.25) is 24.1 Å². The Morgan fingerprint density at radius 2 is 2.03 bits per heavy atom. The Labute approximate surface area is 179 Å². The van der Waals surface area contributed by atoms with Crippen LogP contribution in [0.2, 0.25) is 0 Å². The number of aryl methyl sites for hydroxylation is 1. The van der Waals surface area contributed by atoms with Crippen LogP contribution < -0.4 is 10.6 Å². The third-order valence-corrected chi connectivity index (χ3v) is 7.06. The first-order valence-corrected chi connectivity index (χ1v) is 11.4. The van der Waals surface area contributed by atoms with Gasteiger partial charge >= 0.3 is 0 Å². The average molecular weight is 417 g/mol. The first kappa shape index (κ1) is 21.3. The zero-order chi connectivity index (χ0) is 21.3. The molecular formula is C22H36N6O2. The summed E-state index contributed by atoms with van der Waals surface area (Å²) in [5.74, 6) is 1.28. The van der Waals surface area contributed by atoms with Gasteiger partial charge < -0.3 is 10.6 Å². The molecule has 3 fully saturated rings. The van der Waals surface area contributed by atoms with Crippen molar-refractivity contribution < 1.29 is 9.59 Å². The molecule has 0 unspecified atom stereocenters. The first-order chi connectivity index (χ1) is 14.4. The van der Waals surface area contributed by atoms with Crippen molar-refractivity contribution in [3.05, 3.63) is 12.4 Å². The van der Waals surface area contributed by atoms with E-state index < -0.39 is 0 Å². The molecule has 3 saturated heterocycles. The Balaban J connectivity index is 1.41. The van der Waals surface area contributed by atoms with Crippen LogP contribution in [0.4, 0.5) is 5.69 Å². The Morgan fingerprint density at radius 3 is 2.77 bits per heavy atom. The number of rotatable bonds is 6. The molecule has 2 bridgehead atoms. The van der Waals surface area contributed by atoms with Gasteiger partial charge in [0, 0.05) is 50.9 Å². The van der Waals surface area contributed by atoms with E-state index in [9.17, 15) is 9.59 Å². The number of hydrogen-bond acceptors (Lipinski definition) is 5. The lowest BCUT2D eigenvalue weighted by Gasteiger charge is -2.56. The van der Waals surface area contributed by atoms with Crippen LogP contribution in [0, 0.1) is 17.8 Å². The summed E-state index contributed by atoms with van der Waals surface area (Å²) in [5.41, 5.74) is 0.743. The van der Waals surface area contributed by atoms with Gasteiger partial charge in [0.1, 0.15) is 0 Å². The number of fused-ring (bicyclic) bond motifs is 4. The number of amides is 2. The van der Waals surface area contributed by atoms with Gasteiger partial charge in [-0.1, -0.05) is 20.3 Å². The molecule has 166 valence electrons. The molecular weight excluding hydrogens is 380 g/mol. The molecule has 3 aliphatic rings. The Morgan fingerprint density at radius 1 is 1.23 bits per heavy atom. The maximum absolute atomic E-state index is 12.6.